The van der Waals surface area contributed by atoms with Crippen molar-refractivity contribution in [3.63, 3.8) is 0 Å². The highest BCUT2D eigenvalue weighted by Crippen LogP contribution is 2.30. The SMILES string of the molecule is CCCC[C@@H](NC(=O)OCc1ccccc1)C(=O)Oc1cc(C)cc2oc(=O)cc(CC)c12. The average molecular weight is 452 g/mol. The molecular weight excluding hydrogens is 422 g/mol. The van der Waals surface area contributed by atoms with Crippen molar-refractivity contribution in [3.8, 4) is 5.75 Å². The van der Waals surface area contributed by atoms with Crippen molar-refractivity contribution in [2.24, 2.45) is 0 Å². The molecule has 2 aromatic carbocycles. The highest BCUT2D eigenvalue weighted by atomic mass is 16.6. The molecule has 0 bridgehead atoms. The third kappa shape index (κ3) is 6.44. The van der Waals surface area contributed by atoms with Crippen LogP contribution in [0.4, 0.5) is 4.79 Å². The molecule has 1 N–H and O–H groups in total. The number of esters is 1. The fourth-order valence-corrected chi connectivity index (χ4v) is 3.57. The normalized spacial score (nSPS) is 11.7. The van der Waals surface area contributed by atoms with Crippen molar-refractivity contribution in [1.82, 2.24) is 5.32 Å². The summed E-state index contributed by atoms with van der Waals surface area (Å²) in [5, 5.41) is 3.21. The third-order valence-electron chi connectivity index (χ3n) is 5.26. The Morgan fingerprint density at radius 2 is 1.85 bits per heavy atom. The van der Waals surface area contributed by atoms with Crippen molar-refractivity contribution in [3.05, 3.63) is 75.6 Å². The van der Waals surface area contributed by atoms with Crippen LogP contribution < -0.4 is 15.7 Å². The van der Waals surface area contributed by atoms with Crippen LogP contribution in [0.2, 0.25) is 0 Å². The number of benzene rings is 2. The standard InChI is InChI=1S/C26H29NO6/c1-4-6-12-20(27-26(30)31-16-18-10-8-7-9-11-18)25(29)33-22-14-17(3)13-21-24(22)19(5-2)15-23(28)32-21/h7-11,13-15,20H,4-6,12,16H2,1-3H3,(H,27,30)/t20-/m1/s1. The van der Waals surface area contributed by atoms with E-state index in [0.717, 1.165) is 29.5 Å². The van der Waals surface area contributed by atoms with Crippen LogP contribution in [-0.4, -0.2) is 18.1 Å². The second-order valence-corrected chi connectivity index (χ2v) is 7.90. The van der Waals surface area contributed by atoms with E-state index in [2.05, 4.69) is 5.32 Å². The Morgan fingerprint density at radius 3 is 2.55 bits per heavy atom. The van der Waals surface area contributed by atoms with Gasteiger partial charge < -0.3 is 19.2 Å². The van der Waals surface area contributed by atoms with Crippen molar-refractivity contribution >= 4 is 23.0 Å². The van der Waals surface area contributed by atoms with E-state index in [4.69, 9.17) is 13.9 Å². The van der Waals surface area contributed by atoms with Crippen LogP contribution in [0.5, 0.6) is 5.75 Å². The molecule has 0 fully saturated rings. The van der Waals surface area contributed by atoms with E-state index in [-0.39, 0.29) is 6.61 Å². The van der Waals surface area contributed by atoms with Gasteiger partial charge in [0.05, 0.1) is 5.39 Å². The maximum Gasteiger partial charge on any atom is 0.408 e. The van der Waals surface area contributed by atoms with Crippen LogP contribution in [0.15, 0.2) is 57.7 Å². The lowest BCUT2D eigenvalue weighted by molar-refractivity contribution is -0.136. The second-order valence-electron chi connectivity index (χ2n) is 7.90. The van der Waals surface area contributed by atoms with E-state index >= 15 is 0 Å². The molecule has 1 aromatic heterocycles. The van der Waals surface area contributed by atoms with Gasteiger partial charge in [-0.3, -0.25) is 0 Å². The lowest BCUT2D eigenvalue weighted by atomic mass is 10.0. The van der Waals surface area contributed by atoms with Crippen LogP contribution >= 0.6 is 0 Å². The van der Waals surface area contributed by atoms with Gasteiger partial charge in [-0.2, -0.15) is 0 Å². The molecule has 0 unspecified atom stereocenters. The molecule has 7 heteroatoms. The predicted molar refractivity (Wildman–Crippen MR) is 125 cm³/mol. The molecule has 3 aromatic rings. The van der Waals surface area contributed by atoms with E-state index < -0.39 is 23.7 Å². The molecule has 0 aliphatic rings. The topological polar surface area (TPSA) is 94.8 Å². The van der Waals surface area contributed by atoms with Gasteiger partial charge in [0.25, 0.3) is 0 Å². The van der Waals surface area contributed by atoms with E-state index in [1.165, 1.54) is 6.07 Å². The Kier molecular flexibility index (Phi) is 8.24. The van der Waals surface area contributed by atoms with Gasteiger partial charge in [-0.05, 0) is 48.6 Å². The van der Waals surface area contributed by atoms with Gasteiger partial charge in [-0.25, -0.2) is 14.4 Å². The van der Waals surface area contributed by atoms with Gasteiger partial charge in [-0.15, -0.1) is 0 Å². The van der Waals surface area contributed by atoms with Crippen LogP contribution in [-0.2, 0) is 22.6 Å². The van der Waals surface area contributed by atoms with E-state index in [0.29, 0.717) is 29.6 Å². The number of fused-ring (bicyclic) bond motifs is 1. The molecule has 0 spiro atoms. The molecule has 1 atom stereocenters. The lowest BCUT2D eigenvalue weighted by Crippen LogP contribution is -2.43. The molecule has 174 valence electrons. The van der Waals surface area contributed by atoms with Gasteiger partial charge in [0.1, 0.15) is 24.0 Å². The zero-order chi connectivity index (χ0) is 23.8. The number of carbonyl (C=O) groups is 2. The molecule has 3 rings (SSSR count). The van der Waals surface area contributed by atoms with Gasteiger partial charge in [0.15, 0.2) is 0 Å². The summed E-state index contributed by atoms with van der Waals surface area (Å²) in [6.07, 6.45) is 1.87. The summed E-state index contributed by atoms with van der Waals surface area (Å²) in [4.78, 5) is 37.3. The Morgan fingerprint density at radius 1 is 1.09 bits per heavy atom. The van der Waals surface area contributed by atoms with Gasteiger partial charge in [0.2, 0.25) is 0 Å². The molecular formula is C26H29NO6. The highest BCUT2D eigenvalue weighted by Gasteiger charge is 2.25. The minimum absolute atomic E-state index is 0.101. The first kappa shape index (κ1) is 24.0. The first-order valence-corrected chi connectivity index (χ1v) is 11.2. The monoisotopic (exact) mass is 451 g/mol. The predicted octanol–water partition coefficient (Wildman–Crippen LogP) is 5.05. The summed E-state index contributed by atoms with van der Waals surface area (Å²) in [5.74, 6) is -0.295. The number of hydrogen-bond donors (Lipinski definition) is 1. The average Bonchev–Trinajstić information content (AvgIpc) is 2.79. The number of amides is 1. The molecule has 1 heterocycles. The van der Waals surface area contributed by atoms with Gasteiger partial charge >= 0.3 is 17.7 Å². The Balaban J connectivity index is 1.79. The Labute approximate surface area is 192 Å². The summed E-state index contributed by atoms with van der Waals surface area (Å²) in [5.41, 5.74) is 2.26. The highest BCUT2D eigenvalue weighted by molar-refractivity contribution is 5.91. The molecule has 7 nitrogen and oxygen atoms in total. The summed E-state index contributed by atoms with van der Waals surface area (Å²) >= 11 is 0. The number of aryl methyl sites for hydroxylation is 2. The minimum Gasteiger partial charge on any atom is -0.445 e. The number of ether oxygens (including phenoxy) is 2. The van der Waals surface area contributed by atoms with Gasteiger partial charge in [0, 0.05) is 6.07 Å². The molecule has 0 aliphatic heterocycles. The first-order chi connectivity index (χ1) is 15.9. The fraction of sp³-hybridized carbons (Fsp3) is 0.346. The molecule has 33 heavy (non-hydrogen) atoms. The first-order valence-electron chi connectivity index (χ1n) is 11.2. The number of unbranched alkanes of at least 4 members (excludes halogenated alkanes) is 1. The smallest absolute Gasteiger partial charge is 0.408 e. The van der Waals surface area contributed by atoms with Crippen LogP contribution in [0.25, 0.3) is 11.0 Å². The van der Waals surface area contributed by atoms with Crippen LogP contribution in [0.3, 0.4) is 0 Å². The summed E-state index contributed by atoms with van der Waals surface area (Å²) in [6.45, 7) is 5.83. The third-order valence-corrected chi connectivity index (χ3v) is 5.26. The molecule has 0 saturated heterocycles. The molecule has 0 aliphatic carbocycles. The Hall–Kier alpha value is -3.61. The van der Waals surface area contributed by atoms with Crippen molar-refractivity contribution in [2.45, 2.75) is 59.1 Å². The summed E-state index contributed by atoms with van der Waals surface area (Å²) < 4.78 is 16.3. The lowest BCUT2D eigenvalue weighted by Gasteiger charge is -2.18. The minimum atomic E-state index is -0.871. The Bertz CT molecular complexity index is 1170. The summed E-state index contributed by atoms with van der Waals surface area (Å²) in [7, 11) is 0. The number of rotatable bonds is 9. The van der Waals surface area contributed by atoms with E-state index in [1.807, 2.05) is 51.1 Å². The maximum atomic E-state index is 13.1. The number of hydrogen-bond acceptors (Lipinski definition) is 6. The quantitative estimate of drug-likeness (QED) is 0.278. The number of nitrogens with one attached hydrogen (secondary N) is 1. The van der Waals surface area contributed by atoms with Crippen LogP contribution in [0, 0.1) is 6.92 Å². The molecule has 1 amide bonds. The molecule has 0 saturated carbocycles. The van der Waals surface area contributed by atoms with Crippen molar-refractivity contribution < 1.29 is 23.5 Å². The van der Waals surface area contributed by atoms with Crippen molar-refractivity contribution in [1.29, 1.82) is 0 Å². The summed E-state index contributed by atoms with van der Waals surface area (Å²) in [6, 6.07) is 13.3. The van der Waals surface area contributed by atoms with Crippen LogP contribution in [0.1, 0.15) is 49.8 Å². The number of alkyl carbamates (subject to hydrolysis) is 1. The van der Waals surface area contributed by atoms with Crippen molar-refractivity contribution in [2.75, 3.05) is 0 Å². The largest absolute Gasteiger partial charge is 0.445 e. The fourth-order valence-electron chi connectivity index (χ4n) is 3.57. The maximum absolute atomic E-state index is 13.1. The number of carbonyl (C=O) groups excluding carboxylic acids is 2. The van der Waals surface area contributed by atoms with E-state index in [1.54, 1.807) is 12.1 Å². The zero-order valence-corrected chi connectivity index (χ0v) is 19.2. The van der Waals surface area contributed by atoms with E-state index in [9.17, 15) is 14.4 Å². The zero-order valence-electron chi connectivity index (χ0n) is 19.2. The second kappa shape index (κ2) is 11.3. The van der Waals surface area contributed by atoms with Gasteiger partial charge in [-0.1, -0.05) is 57.0 Å². The molecule has 0 radical (unpaired) electrons.